The van der Waals surface area contributed by atoms with Gasteiger partial charge in [-0.15, -0.1) is 11.3 Å². The number of aliphatic hydroxyl groups is 1. The summed E-state index contributed by atoms with van der Waals surface area (Å²) in [5.74, 6) is 1.96. The van der Waals surface area contributed by atoms with Crippen LogP contribution in [0.25, 0.3) is 21.6 Å². The van der Waals surface area contributed by atoms with Gasteiger partial charge in [0.2, 0.25) is 18.2 Å². The van der Waals surface area contributed by atoms with E-state index in [1.807, 2.05) is 57.0 Å². The van der Waals surface area contributed by atoms with Crippen LogP contribution in [0.3, 0.4) is 0 Å². The van der Waals surface area contributed by atoms with Gasteiger partial charge in [0.15, 0.2) is 0 Å². The van der Waals surface area contributed by atoms with Crippen LogP contribution in [0, 0.1) is 12.8 Å². The zero-order valence-electron chi connectivity index (χ0n) is 41.6. The van der Waals surface area contributed by atoms with Gasteiger partial charge in [-0.05, 0) is 87.0 Å². The van der Waals surface area contributed by atoms with Crippen molar-refractivity contribution in [3.8, 4) is 33.1 Å². The topological polar surface area (TPSA) is 188 Å². The summed E-state index contributed by atoms with van der Waals surface area (Å²) in [6.07, 6.45) is 7.90. The lowest BCUT2D eigenvalue weighted by atomic mass is 9.91. The van der Waals surface area contributed by atoms with Crippen LogP contribution in [-0.2, 0) is 47.5 Å². The zero-order valence-corrected chi connectivity index (χ0v) is 42.4. The third-order valence-corrected chi connectivity index (χ3v) is 12.4. The molecule has 1 fully saturated rings. The first-order chi connectivity index (χ1) is 32.6. The second-order valence-corrected chi connectivity index (χ2v) is 19.0. The Kier molecular flexibility index (Phi) is 22.5. The van der Waals surface area contributed by atoms with Gasteiger partial charge in [-0.2, -0.15) is 0 Å². The number of methoxy groups -OCH3 is 2. The fourth-order valence-electron chi connectivity index (χ4n) is 7.94. The molecule has 0 saturated carbocycles. The van der Waals surface area contributed by atoms with Crippen molar-refractivity contribution < 1.29 is 33.8 Å². The number of benzene rings is 2. The van der Waals surface area contributed by atoms with Gasteiger partial charge < -0.3 is 49.8 Å². The number of hydrogen-bond acceptors (Lipinski definition) is 11. The Morgan fingerprint density at radius 1 is 0.941 bits per heavy atom. The molecule has 0 aliphatic carbocycles. The fourth-order valence-corrected chi connectivity index (χ4v) is 8.75. The third-order valence-electron chi connectivity index (χ3n) is 11.4. The molecule has 4 N–H and O–H groups in total. The van der Waals surface area contributed by atoms with Crippen LogP contribution in [0.4, 0.5) is 4.79 Å². The van der Waals surface area contributed by atoms with Crippen molar-refractivity contribution in [3.05, 3.63) is 86.4 Å². The molecule has 372 valence electrons. The zero-order chi connectivity index (χ0) is 49.8. The largest absolute Gasteiger partial charge is 0.496 e. The number of urea groups is 1. The number of pyridine rings is 1. The number of carbonyl (C=O) groups is 4. The number of aryl methyl sites for hydroxylation is 2. The van der Waals surface area contributed by atoms with Crippen molar-refractivity contribution in [2.45, 2.75) is 105 Å². The predicted molar refractivity (Wildman–Crippen MR) is 269 cm³/mol. The van der Waals surface area contributed by atoms with Crippen LogP contribution in [-0.4, -0.2) is 121 Å². The normalized spacial score (nSPS) is 14.0. The van der Waals surface area contributed by atoms with Crippen LogP contribution in [0.15, 0.2) is 52.9 Å². The Labute approximate surface area is 406 Å². The number of β-amino-alcohol motifs (C(OH)–C–C–N with tert-alkyl or cyclic N) is 1. The van der Waals surface area contributed by atoms with Crippen molar-refractivity contribution in [1.82, 2.24) is 40.2 Å². The van der Waals surface area contributed by atoms with Crippen molar-refractivity contribution in [2.75, 3.05) is 61.0 Å². The van der Waals surface area contributed by atoms with Crippen molar-refractivity contribution in [3.63, 3.8) is 0 Å². The number of thiazole rings is 1. The van der Waals surface area contributed by atoms with E-state index in [1.54, 1.807) is 47.0 Å². The maximum atomic E-state index is 13.2. The second kappa shape index (κ2) is 27.9. The standard InChI is InChI=1S/C35H52N6O7.C12H12N2OS.C4H10/c1-38(2)21-29-30(47-4)17-24(18-31(29)48-5)27-22-39(3)34(45)28-23-41(16-13-26(27)28)35(46)36-14-10-8-6-7-9-11-32(43)37-19-33(44)40-15-12-25(42)20-40;1-9-12(16-8-14-9)11-4-2-10(3-5-11)6-13-7-15;1-4(2)3/h17-18,22,25,42H,6-16,19-21,23H2,1-5H3,(H,36,46)(H,37,43);2-5,7-8H,6H2,1H3,(H,13,15);4H,1-3H3. The number of hydrogen-bond donors (Lipinski definition) is 4. The van der Waals surface area contributed by atoms with Crippen LogP contribution in [0.5, 0.6) is 11.5 Å². The average Bonchev–Trinajstić information content (AvgIpc) is 3.97. The molecule has 0 spiro atoms. The number of unbranched alkanes of at least 4 members (excludes halogenated alkanes) is 4. The highest BCUT2D eigenvalue weighted by Gasteiger charge is 2.28. The third kappa shape index (κ3) is 16.8. The Hall–Kier alpha value is -5.78. The maximum absolute atomic E-state index is 13.2. The Bertz CT molecular complexity index is 2280. The maximum Gasteiger partial charge on any atom is 0.317 e. The number of likely N-dealkylation sites (tertiary alicyclic amines) is 1. The molecule has 2 aromatic heterocycles. The SMILES string of the molecule is CC(C)C.COc1cc(-c2cn(C)c(=O)c3c2CCN(C(=O)NCCCCCCCC(=O)NCC(=O)N2CCC(O)C2)C3)cc(OC)c1CN(C)C.Cc1ncsc1-c1ccc(CNC=O)cc1. The molecule has 2 aromatic carbocycles. The number of carbonyl (C=O) groups excluding carboxylic acids is 4. The van der Waals surface area contributed by atoms with Gasteiger partial charge in [-0.25, -0.2) is 9.78 Å². The van der Waals surface area contributed by atoms with E-state index in [1.165, 1.54) is 10.4 Å². The molecule has 2 aliphatic heterocycles. The molecule has 6 rings (SSSR count). The van der Waals surface area contributed by atoms with Gasteiger partial charge >= 0.3 is 6.03 Å². The number of amides is 5. The number of aromatic nitrogens is 2. The minimum atomic E-state index is -0.469. The molecule has 4 heterocycles. The highest BCUT2D eigenvalue weighted by molar-refractivity contribution is 7.13. The van der Waals surface area contributed by atoms with Crippen LogP contribution < -0.4 is 31.0 Å². The first kappa shape index (κ1) is 54.8. The van der Waals surface area contributed by atoms with E-state index in [0.29, 0.717) is 82.0 Å². The summed E-state index contributed by atoms with van der Waals surface area (Å²) in [6, 6.07) is 11.9. The van der Waals surface area contributed by atoms with Crippen LogP contribution in [0.2, 0.25) is 0 Å². The molecular weight excluding hydrogens is 885 g/mol. The molecule has 0 radical (unpaired) electrons. The Morgan fingerprint density at radius 3 is 2.19 bits per heavy atom. The van der Waals surface area contributed by atoms with Gasteiger partial charge in [-0.1, -0.05) is 64.3 Å². The molecule has 1 atom stereocenters. The molecule has 1 saturated heterocycles. The van der Waals surface area contributed by atoms with Crippen LogP contribution in [0.1, 0.15) is 93.7 Å². The molecule has 0 bridgehead atoms. The molecule has 2 aliphatic rings. The van der Waals surface area contributed by atoms with E-state index in [2.05, 4.69) is 58.7 Å². The lowest BCUT2D eigenvalue weighted by molar-refractivity contribution is -0.132. The quantitative estimate of drug-likeness (QED) is 0.0616. The summed E-state index contributed by atoms with van der Waals surface area (Å²) >= 11 is 1.64. The number of rotatable bonds is 19. The van der Waals surface area contributed by atoms with Crippen LogP contribution >= 0.6 is 11.3 Å². The molecule has 5 amide bonds. The molecule has 17 heteroatoms. The minimum Gasteiger partial charge on any atom is -0.496 e. The van der Waals surface area contributed by atoms with E-state index >= 15 is 0 Å². The van der Waals surface area contributed by atoms with E-state index < -0.39 is 6.10 Å². The summed E-state index contributed by atoms with van der Waals surface area (Å²) in [4.78, 5) is 71.4. The van der Waals surface area contributed by atoms with Gasteiger partial charge in [0.1, 0.15) is 11.5 Å². The number of fused-ring (bicyclic) bond motifs is 1. The smallest absolute Gasteiger partial charge is 0.317 e. The van der Waals surface area contributed by atoms with Gasteiger partial charge in [0, 0.05) is 70.1 Å². The summed E-state index contributed by atoms with van der Waals surface area (Å²) in [6.45, 7) is 11.8. The number of ether oxygens (including phenoxy) is 2. The molecular formula is C51H74N8O8S. The van der Waals surface area contributed by atoms with E-state index in [9.17, 15) is 29.1 Å². The van der Waals surface area contributed by atoms with Crippen molar-refractivity contribution in [1.29, 1.82) is 0 Å². The number of aliphatic hydroxyl groups excluding tert-OH is 1. The molecule has 68 heavy (non-hydrogen) atoms. The summed E-state index contributed by atoms with van der Waals surface area (Å²) < 4.78 is 13.1. The van der Waals surface area contributed by atoms with E-state index in [-0.39, 0.29) is 36.5 Å². The van der Waals surface area contributed by atoms with E-state index in [4.69, 9.17) is 9.47 Å². The van der Waals surface area contributed by atoms with Gasteiger partial charge in [0.25, 0.3) is 5.56 Å². The highest BCUT2D eigenvalue weighted by Crippen LogP contribution is 2.38. The molecule has 4 aromatic rings. The Morgan fingerprint density at radius 2 is 1.60 bits per heavy atom. The first-order valence-corrected chi connectivity index (χ1v) is 24.5. The summed E-state index contributed by atoms with van der Waals surface area (Å²) in [5, 5.41) is 17.9. The lowest BCUT2D eigenvalue weighted by Crippen LogP contribution is -2.45. The second-order valence-electron chi connectivity index (χ2n) is 18.2. The number of nitrogens with zero attached hydrogens (tertiary/aromatic N) is 5. The highest BCUT2D eigenvalue weighted by atomic mass is 32.1. The fraction of sp³-hybridized carbons (Fsp3) is 0.529. The monoisotopic (exact) mass is 959 g/mol. The van der Waals surface area contributed by atoms with Gasteiger partial charge in [0.05, 0.1) is 55.1 Å². The summed E-state index contributed by atoms with van der Waals surface area (Å²) in [5.41, 5.74) is 9.40. The first-order valence-electron chi connectivity index (χ1n) is 23.6. The average molecular weight is 959 g/mol. The van der Waals surface area contributed by atoms with Crippen molar-refractivity contribution in [2.24, 2.45) is 13.0 Å². The molecule has 1 unspecified atom stereocenters. The van der Waals surface area contributed by atoms with E-state index in [0.717, 1.165) is 71.5 Å². The summed E-state index contributed by atoms with van der Waals surface area (Å²) in [7, 11) is 8.99. The lowest BCUT2D eigenvalue weighted by Gasteiger charge is -2.30. The van der Waals surface area contributed by atoms with Crippen molar-refractivity contribution >= 4 is 35.6 Å². The molecule has 16 nitrogen and oxygen atoms in total. The predicted octanol–water partition coefficient (Wildman–Crippen LogP) is 6.28. The number of nitrogens with one attached hydrogen (secondary N) is 3. The minimum absolute atomic E-state index is 0.0286. The van der Waals surface area contributed by atoms with Gasteiger partial charge in [-0.3, -0.25) is 19.2 Å². The Balaban J connectivity index is 0.000000415.